The molecule has 0 unspecified atom stereocenters. The van der Waals surface area contributed by atoms with Crippen LogP contribution in [0.2, 0.25) is 0 Å². The summed E-state index contributed by atoms with van der Waals surface area (Å²) >= 11 is 0. The molecule has 0 fully saturated rings. The van der Waals surface area contributed by atoms with Gasteiger partial charge in [0.15, 0.2) is 0 Å². The summed E-state index contributed by atoms with van der Waals surface area (Å²) in [7, 11) is 0. The Kier molecular flexibility index (Phi) is 4.79. The van der Waals surface area contributed by atoms with Crippen molar-refractivity contribution >= 4 is 29.1 Å². The number of anilines is 2. The number of carbonyl (C=O) groups is 3. The molecule has 0 aromatic heterocycles. The first-order valence-corrected chi connectivity index (χ1v) is 8.09. The van der Waals surface area contributed by atoms with Crippen LogP contribution in [0, 0.1) is 0 Å². The van der Waals surface area contributed by atoms with E-state index in [1.165, 1.54) is 6.92 Å². The Morgan fingerprint density at radius 1 is 1.12 bits per heavy atom. The molecule has 6 heteroatoms. The Labute approximate surface area is 145 Å². The first kappa shape index (κ1) is 16.7. The molecule has 2 aromatic carbocycles. The van der Waals surface area contributed by atoms with Crippen LogP contribution in [0.15, 0.2) is 42.5 Å². The van der Waals surface area contributed by atoms with Gasteiger partial charge in [-0.2, -0.15) is 0 Å². The number of carbonyl (C=O) groups excluding carboxylic acids is 3. The van der Waals surface area contributed by atoms with Gasteiger partial charge < -0.3 is 16.0 Å². The average molecular weight is 337 g/mol. The monoisotopic (exact) mass is 337 g/mol. The molecular formula is C19H19N3O3. The molecule has 6 nitrogen and oxygen atoms in total. The standard InChI is InChI=1S/C19H19N3O3/c1-12(23)21-16-5-3-14(4-6-16)19(25)20-9-8-13-2-7-17-15(10-13)11-18(24)22-17/h2-7,10H,8-9,11H2,1H3,(H,20,25)(H,21,23)(H,22,24). The fourth-order valence-electron chi connectivity index (χ4n) is 2.77. The minimum Gasteiger partial charge on any atom is -0.352 e. The molecule has 0 bridgehead atoms. The molecule has 2 aromatic rings. The Balaban J connectivity index is 1.52. The number of hydrogen-bond donors (Lipinski definition) is 3. The third kappa shape index (κ3) is 4.23. The Hall–Kier alpha value is -3.15. The van der Waals surface area contributed by atoms with Gasteiger partial charge in [0.05, 0.1) is 6.42 Å². The van der Waals surface area contributed by atoms with Crippen molar-refractivity contribution < 1.29 is 14.4 Å². The van der Waals surface area contributed by atoms with E-state index in [0.29, 0.717) is 30.6 Å². The van der Waals surface area contributed by atoms with Crippen LogP contribution in [-0.2, 0) is 22.4 Å². The van der Waals surface area contributed by atoms with Gasteiger partial charge in [-0.15, -0.1) is 0 Å². The van der Waals surface area contributed by atoms with Crippen molar-refractivity contribution in [2.24, 2.45) is 0 Å². The topological polar surface area (TPSA) is 87.3 Å². The van der Waals surface area contributed by atoms with E-state index >= 15 is 0 Å². The van der Waals surface area contributed by atoms with E-state index in [0.717, 1.165) is 16.8 Å². The van der Waals surface area contributed by atoms with E-state index in [1.54, 1.807) is 24.3 Å². The van der Waals surface area contributed by atoms with E-state index in [2.05, 4.69) is 16.0 Å². The van der Waals surface area contributed by atoms with Crippen LogP contribution in [0.25, 0.3) is 0 Å². The van der Waals surface area contributed by atoms with Gasteiger partial charge in [0.25, 0.3) is 5.91 Å². The van der Waals surface area contributed by atoms with Gasteiger partial charge in [0, 0.05) is 30.4 Å². The highest BCUT2D eigenvalue weighted by atomic mass is 16.2. The van der Waals surface area contributed by atoms with E-state index in [1.807, 2.05) is 18.2 Å². The number of hydrogen-bond acceptors (Lipinski definition) is 3. The van der Waals surface area contributed by atoms with Crippen LogP contribution in [0.1, 0.15) is 28.4 Å². The van der Waals surface area contributed by atoms with Crippen LogP contribution in [0.5, 0.6) is 0 Å². The lowest BCUT2D eigenvalue weighted by Gasteiger charge is -2.08. The molecule has 25 heavy (non-hydrogen) atoms. The van der Waals surface area contributed by atoms with Crippen molar-refractivity contribution in [1.29, 1.82) is 0 Å². The molecule has 1 aliphatic heterocycles. The predicted octanol–water partition coefficient (Wildman–Crippen LogP) is 2.11. The first-order valence-electron chi connectivity index (χ1n) is 8.09. The van der Waals surface area contributed by atoms with Crippen LogP contribution in [0.4, 0.5) is 11.4 Å². The molecule has 1 aliphatic rings. The van der Waals surface area contributed by atoms with E-state index in [4.69, 9.17) is 0 Å². The van der Waals surface area contributed by atoms with Crippen LogP contribution >= 0.6 is 0 Å². The highest BCUT2D eigenvalue weighted by molar-refractivity contribution is 5.99. The van der Waals surface area contributed by atoms with Gasteiger partial charge in [-0.1, -0.05) is 12.1 Å². The third-order valence-electron chi connectivity index (χ3n) is 3.96. The van der Waals surface area contributed by atoms with Crippen molar-refractivity contribution in [2.45, 2.75) is 19.8 Å². The highest BCUT2D eigenvalue weighted by Gasteiger charge is 2.17. The molecule has 1 heterocycles. The zero-order chi connectivity index (χ0) is 17.8. The van der Waals surface area contributed by atoms with Crippen LogP contribution in [0.3, 0.4) is 0 Å². The molecule has 3 amide bonds. The lowest BCUT2D eigenvalue weighted by atomic mass is 10.1. The fourth-order valence-corrected chi connectivity index (χ4v) is 2.77. The summed E-state index contributed by atoms with van der Waals surface area (Å²) in [5.41, 5.74) is 4.15. The average Bonchev–Trinajstić information content (AvgIpc) is 2.94. The summed E-state index contributed by atoms with van der Waals surface area (Å²) in [6.45, 7) is 1.94. The zero-order valence-corrected chi connectivity index (χ0v) is 13.9. The largest absolute Gasteiger partial charge is 0.352 e. The quantitative estimate of drug-likeness (QED) is 0.781. The Morgan fingerprint density at radius 2 is 1.88 bits per heavy atom. The molecule has 0 saturated carbocycles. The summed E-state index contributed by atoms with van der Waals surface area (Å²) in [6.07, 6.45) is 1.10. The van der Waals surface area contributed by atoms with Gasteiger partial charge in [0.2, 0.25) is 11.8 Å². The van der Waals surface area contributed by atoms with E-state index in [-0.39, 0.29) is 17.7 Å². The van der Waals surface area contributed by atoms with Crippen molar-refractivity contribution in [3.8, 4) is 0 Å². The minimum atomic E-state index is -0.160. The van der Waals surface area contributed by atoms with Crippen LogP contribution < -0.4 is 16.0 Å². The summed E-state index contributed by atoms with van der Waals surface area (Å²) in [5.74, 6) is -0.293. The normalized spacial score (nSPS) is 12.3. The van der Waals surface area contributed by atoms with Gasteiger partial charge in [-0.25, -0.2) is 0 Å². The molecule has 0 radical (unpaired) electrons. The molecule has 0 saturated heterocycles. The van der Waals surface area contributed by atoms with Crippen molar-refractivity contribution in [2.75, 3.05) is 17.2 Å². The maximum Gasteiger partial charge on any atom is 0.251 e. The van der Waals surface area contributed by atoms with Crippen molar-refractivity contribution in [3.05, 3.63) is 59.2 Å². The molecule has 0 aliphatic carbocycles. The van der Waals surface area contributed by atoms with Gasteiger partial charge in [-0.05, 0) is 47.9 Å². The molecular weight excluding hydrogens is 318 g/mol. The summed E-state index contributed by atoms with van der Waals surface area (Å²) in [4.78, 5) is 34.5. The third-order valence-corrected chi connectivity index (χ3v) is 3.96. The SMILES string of the molecule is CC(=O)Nc1ccc(C(=O)NCCc2ccc3c(c2)CC(=O)N3)cc1. The van der Waals surface area contributed by atoms with E-state index in [9.17, 15) is 14.4 Å². The number of fused-ring (bicyclic) bond motifs is 1. The Morgan fingerprint density at radius 3 is 2.60 bits per heavy atom. The fraction of sp³-hybridized carbons (Fsp3) is 0.211. The minimum absolute atomic E-state index is 0.0168. The molecule has 128 valence electrons. The van der Waals surface area contributed by atoms with Gasteiger partial charge in [0.1, 0.15) is 0 Å². The van der Waals surface area contributed by atoms with Crippen molar-refractivity contribution in [1.82, 2.24) is 5.32 Å². The van der Waals surface area contributed by atoms with Crippen LogP contribution in [-0.4, -0.2) is 24.3 Å². The lowest BCUT2D eigenvalue weighted by molar-refractivity contribution is -0.115. The second-order valence-electron chi connectivity index (χ2n) is 5.98. The highest BCUT2D eigenvalue weighted by Crippen LogP contribution is 2.23. The maximum atomic E-state index is 12.1. The van der Waals surface area contributed by atoms with E-state index < -0.39 is 0 Å². The van der Waals surface area contributed by atoms with Gasteiger partial charge >= 0.3 is 0 Å². The lowest BCUT2D eigenvalue weighted by Crippen LogP contribution is -2.25. The molecule has 0 spiro atoms. The zero-order valence-electron chi connectivity index (χ0n) is 13.9. The summed E-state index contributed by atoms with van der Waals surface area (Å²) in [5, 5.41) is 8.34. The van der Waals surface area contributed by atoms with Crippen molar-refractivity contribution in [3.63, 3.8) is 0 Å². The maximum absolute atomic E-state index is 12.1. The number of nitrogens with one attached hydrogen (secondary N) is 3. The predicted molar refractivity (Wildman–Crippen MR) is 95.6 cm³/mol. The second kappa shape index (κ2) is 7.17. The van der Waals surface area contributed by atoms with Gasteiger partial charge in [-0.3, -0.25) is 14.4 Å². The molecule has 3 rings (SSSR count). The molecule has 3 N–H and O–H groups in total. The molecule has 0 atom stereocenters. The first-order chi connectivity index (χ1) is 12.0. The number of rotatable bonds is 5. The smallest absolute Gasteiger partial charge is 0.251 e. The number of benzene rings is 2. The summed E-state index contributed by atoms with van der Waals surface area (Å²) in [6, 6.07) is 12.6. The number of amides is 3. The summed E-state index contributed by atoms with van der Waals surface area (Å²) < 4.78 is 0. The second-order valence-corrected chi connectivity index (χ2v) is 5.98. The Bertz CT molecular complexity index is 828.